The molecule has 0 spiro atoms. The second-order valence-electron chi connectivity index (χ2n) is 4.18. The van der Waals surface area contributed by atoms with E-state index in [9.17, 15) is 9.46 Å². The average molecular weight is 355 g/mol. The van der Waals surface area contributed by atoms with Crippen molar-refractivity contribution in [3.05, 3.63) is 0 Å². The topological polar surface area (TPSA) is 55.8 Å². The number of halogens is 1. The van der Waals surface area contributed by atoms with Gasteiger partial charge in [-0.2, -0.15) is 0 Å². The van der Waals surface area contributed by atoms with Crippen molar-refractivity contribution < 1.29 is 18.5 Å². The third-order valence-corrected chi connectivity index (χ3v) is 3.74. The van der Waals surface area contributed by atoms with Crippen molar-refractivity contribution in [2.75, 3.05) is 18.5 Å². The van der Waals surface area contributed by atoms with E-state index in [4.69, 9.17) is 4.52 Å². The highest BCUT2D eigenvalue weighted by atomic mass is 79.9. The Kier molecular flexibility index (Phi) is 13.3. The molecule has 0 fully saturated rings. The Morgan fingerprint density at radius 2 is 1.68 bits per heavy atom. The summed E-state index contributed by atoms with van der Waals surface area (Å²) in [5, 5.41) is 0.519. The smallest absolute Gasteiger partial charge is 0.302 e. The van der Waals surface area contributed by atoms with Gasteiger partial charge in [0.15, 0.2) is 0 Å². The molecule has 0 radical (unpaired) electrons. The molecule has 0 saturated heterocycles. The standard InChI is InChI=1S/C13H24BrO4P/c1-2-3-4-5-6-7-9-12-17-19(15,16)18-13-10-8-11-14/h2-7,9,11-13H2,1H3,(H,15,16). The number of hydrogen-bond donors (Lipinski definition) is 1. The summed E-state index contributed by atoms with van der Waals surface area (Å²) in [6.45, 7) is 2.36. The molecular weight excluding hydrogens is 331 g/mol. The highest BCUT2D eigenvalue weighted by Crippen LogP contribution is 2.42. The van der Waals surface area contributed by atoms with Gasteiger partial charge in [-0.05, 0) is 6.42 Å². The number of rotatable bonds is 11. The van der Waals surface area contributed by atoms with Crippen LogP contribution in [0.25, 0.3) is 0 Å². The fraction of sp³-hybridized carbons (Fsp3) is 0.846. The number of phosphoric acid groups is 1. The molecule has 0 aliphatic heterocycles. The van der Waals surface area contributed by atoms with E-state index in [0.717, 1.165) is 19.3 Å². The summed E-state index contributed by atoms with van der Waals surface area (Å²) >= 11 is 3.12. The Hall–Kier alpha value is 0.150. The third kappa shape index (κ3) is 14.4. The van der Waals surface area contributed by atoms with E-state index in [0.29, 0.717) is 5.33 Å². The highest BCUT2D eigenvalue weighted by Gasteiger charge is 2.19. The molecule has 0 heterocycles. The first-order valence-electron chi connectivity index (χ1n) is 6.76. The zero-order valence-electron chi connectivity index (χ0n) is 11.6. The predicted molar refractivity (Wildman–Crippen MR) is 81.3 cm³/mol. The lowest BCUT2D eigenvalue weighted by Crippen LogP contribution is -1.97. The lowest BCUT2D eigenvalue weighted by atomic mass is 10.1. The second kappa shape index (κ2) is 13.1. The molecule has 19 heavy (non-hydrogen) atoms. The van der Waals surface area contributed by atoms with Gasteiger partial charge < -0.3 is 4.89 Å². The van der Waals surface area contributed by atoms with Crippen molar-refractivity contribution in [1.29, 1.82) is 0 Å². The van der Waals surface area contributed by atoms with Crippen LogP contribution >= 0.6 is 23.8 Å². The van der Waals surface area contributed by atoms with E-state index in [1.807, 2.05) is 0 Å². The van der Waals surface area contributed by atoms with Gasteiger partial charge in [0.2, 0.25) is 0 Å². The first-order chi connectivity index (χ1) is 9.12. The summed E-state index contributed by atoms with van der Waals surface area (Å²) in [7, 11) is -3.92. The summed E-state index contributed by atoms with van der Waals surface area (Å²) in [6, 6.07) is 0. The van der Waals surface area contributed by atoms with E-state index in [1.165, 1.54) is 25.7 Å². The first-order valence-corrected chi connectivity index (χ1v) is 9.37. The van der Waals surface area contributed by atoms with Gasteiger partial charge in [0.05, 0.1) is 11.9 Å². The van der Waals surface area contributed by atoms with Crippen LogP contribution in [-0.4, -0.2) is 23.4 Å². The molecule has 1 atom stereocenters. The van der Waals surface area contributed by atoms with Crippen LogP contribution in [0.3, 0.4) is 0 Å². The first kappa shape index (κ1) is 19.1. The summed E-state index contributed by atoms with van der Waals surface area (Å²) in [5.41, 5.74) is 0. The summed E-state index contributed by atoms with van der Waals surface area (Å²) in [6.07, 6.45) is 7.98. The number of hydrogen-bond acceptors (Lipinski definition) is 3. The Bertz CT molecular complexity index is 312. The lowest BCUT2D eigenvalue weighted by molar-refractivity contribution is 0.160. The minimum absolute atomic E-state index is 0.0869. The second-order valence-corrected chi connectivity index (χ2v) is 6.20. The van der Waals surface area contributed by atoms with Crippen molar-refractivity contribution in [3.8, 4) is 11.8 Å². The van der Waals surface area contributed by atoms with Crippen molar-refractivity contribution in [2.24, 2.45) is 0 Å². The van der Waals surface area contributed by atoms with E-state index in [1.54, 1.807) is 0 Å². The third-order valence-electron chi connectivity index (χ3n) is 2.49. The van der Waals surface area contributed by atoms with Crippen LogP contribution in [0.5, 0.6) is 0 Å². The minimum Gasteiger partial charge on any atom is -0.302 e. The van der Waals surface area contributed by atoms with Crippen molar-refractivity contribution in [3.63, 3.8) is 0 Å². The quantitative estimate of drug-likeness (QED) is 0.260. The molecule has 0 aromatic rings. The molecule has 1 unspecified atom stereocenters. The molecule has 0 amide bonds. The average Bonchev–Trinajstić information content (AvgIpc) is 2.38. The van der Waals surface area contributed by atoms with Gasteiger partial charge >= 0.3 is 7.82 Å². The van der Waals surface area contributed by atoms with Crippen LogP contribution in [0.2, 0.25) is 0 Å². The molecule has 0 saturated carbocycles. The highest BCUT2D eigenvalue weighted by molar-refractivity contribution is 9.09. The molecule has 0 aromatic carbocycles. The van der Waals surface area contributed by atoms with Gasteiger partial charge in [0.25, 0.3) is 0 Å². The number of alkyl halides is 1. The Morgan fingerprint density at radius 1 is 1.05 bits per heavy atom. The van der Waals surface area contributed by atoms with Crippen LogP contribution in [0.1, 0.15) is 51.9 Å². The van der Waals surface area contributed by atoms with Crippen LogP contribution in [0.4, 0.5) is 0 Å². The SMILES string of the molecule is CCCCCCCCCOP(=O)(O)OCC#CCBr. The van der Waals surface area contributed by atoms with Gasteiger partial charge in [-0.3, -0.25) is 9.05 Å². The van der Waals surface area contributed by atoms with E-state index >= 15 is 0 Å². The van der Waals surface area contributed by atoms with E-state index in [-0.39, 0.29) is 13.2 Å². The zero-order chi connectivity index (χ0) is 14.4. The van der Waals surface area contributed by atoms with Gasteiger partial charge in [-0.15, -0.1) is 0 Å². The fourth-order valence-corrected chi connectivity index (χ4v) is 2.35. The summed E-state index contributed by atoms with van der Waals surface area (Å²) < 4.78 is 20.9. The molecule has 0 aromatic heterocycles. The van der Waals surface area contributed by atoms with Crippen molar-refractivity contribution in [1.82, 2.24) is 0 Å². The molecule has 0 aliphatic carbocycles. The Morgan fingerprint density at radius 3 is 2.32 bits per heavy atom. The maximum atomic E-state index is 11.4. The maximum absolute atomic E-state index is 11.4. The summed E-state index contributed by atoms with van der Waals surface area (Å²) in [4.78, 5) is 9.32. The molecule has 0 aliphatic rings. The van der Waals surface area contributed by atoms with Crippen molar-refractivity contribution in [2.45, 2.75) is 51.9 Å². The van der Waals surface area contributed by atoms with E-state index in [2.05, 4.69) is 39.2 Å². The monoisotopic (exact) mass is 354 g/mol. The van der Waals surface area contributed by atoms with Crippen LogP contribution in [0, 0.1) is 11.8 Å². The van der Waals surface area contributed by atoms with Gasteiger partial charge in [0.1, 0.15) is 6.61 Å². The molecule has 6 heteroatoms. The number of phosphoric ester groups is 1. The zero-order valence-corrected chi connectivity index (χ0v) is 14.0. The lowest BCUT2D eigenvalue weighted by Gasteiger charge is -2.10. The molecule has 1 N–H and O–H groups in total. The van der Waals surface area contributed by atoms with Gasteiger partial charge in [-0.1, -0.05) is 73.2 Å². The molecule has 0 bridgehead atoms. The molecule has 112 valence electrons. The minimum atomic E-state index is -3.92. The van der Waals surface area contributed by atoms with Crippen LogP contribution < -0.4 is 0 Å². The number of unbranched alkanes of at least 4 members (excludes halogenated alkanes) is 6. The van der Waals surface area contributed by atoms with Crippen LogP contribution in [-0.2, 0) is 13.6 Å². The maximum Gasteiger partial charge on any atom is 0.473 e. The predicted octanol–water partition coefficient (Wildman–Crippen LogP) is 4.27. The normalized spacial score (nSPS) is 13.6. The molecule has 0 rings (SSSR count). The van der Waals surface area contributed by atoms with Crippen LogP contribution in [0.15, 0.2) is 0 Å². The largest absolute Gasteiger partial charge is 0.473 e. The summed E-state index contributed by atoms with van der Waals surface area (Å²) in [5.74, 6) is 5.27. The van der Waals surface area contributed by atoms with Gasteiger partial charge in [0, 0.05) is 0 Å². The van der Waals surface area contributed by atoms with Gasteiger partial charge in [-0.25, -0.2) is 4.57 Å². The van der Waals surface area contributed by atoms with E-state index < -0.39 is 7.82 Å². The Balaban J connectivity index is 3.45. The molecule has 4 nitrogen and oxygen atoms in total. The molecular formula is C13H24BrO4P. The van der Waals surface area contributed by atoms with Crippen molar-refractivity contribution >= 4 is 23.8 Å². The fourth-order valence-electron chi connectivity index (χ4n) is 1.49. The Labute approximate surface area is 125 Å².